The van der Waals surface area contributed by atoms with Gasteiger partial charge < -0.3 is 11.1 Å². The number of nitrogens with zero attached hydrogens (tertiary/aromatic N) is 1. The van der Waals surface area contributed by atoms with Gasteiger partial charge in [0.2, 0.25) is 0 Å². The minimum atomic E-state index is 0.0818. The van der Waals surface area contributed by atoms with E-state index in [1.807, 2.05) is 14.0 Å². The molecule has 0 aliphatic carbocycles. The minimum Gasteiger partial charge on any atom is -0.383 e. The van der Waals surface area contributed by atoms with E-state index < -0.39 is 0 Å². The van der Waals surface area contributed by atoms with Crippen LogP contribution < -0.4 is 11.1 Å². The SMILES string of the molecule is CCc1ccc(C(NC)c2cc(C)cnc2N)cc1. The van der Waals surface area contributed by atoms with E-state index in [4.69, 9.17) is 5.73 Å². The summed E-state index contributed by atoms with van der Waals surface area (Å²) in [5.41, 5.74) is 10.7. The largest absolute Gasteiger partial charge is 0.383 e. The molecule has 3 nitrogen and oxygen atoms in total. The number of benzene rings is 1. The summed E-state index contributed by atoms with van der Waals surface area (Å²) in [5, 5.41) is 3.32. The number of nitrogens with one attached hydrogen (secondary N) is 1. The first-order valence-corrected chi connectivity index (χ1v) is 6.63. The molecule has 0 amide bonds. The van der Waals surface area contributed by atoms with Crippen molar-refractivity contribution in [1.82, 2.24) is 10.3 Å². The Labute approximate surface area is 114 Å². The summed E-state index contributed by atoms with van der Waals surface area (Å²) in [4.78, 5) is 4.24. The fourth-order valence-electron chi connectivity index (χ4n) is 2.28. The quantitative estimate of drug-likeness (QED) is 0.883. The lowest BCUT2D eigenvalue weighted by Gasteiger charge is -2.19. The van der Waals surface area contributed by atoms with Crippen molar-refractivity contribution in [3.05, 3.63) is 58.8 Å². The predicted octanol–water partition coefficient (Wildman–Crippen LogP) is 2.84. The molecule has 19 heavy (non-hydrogen) atoms. The molecule has 1 aromatic heterocycles. The molecule has 0 fully saturated rings. The smallest absolute Gasteiger partial charge is 0.128 e. The van der Waals surface area contributed by atoms with Crippen molar-refractivity contribution in [2.45, 2.75) is 26.3 Å². The number of pyridine rings is 1. The van der Waals surface area contributed by atoms with Crippen LogP contribution in [-0.4, -0.2) is 12.0 Å². The van der Waals surface area contributed by atoms with Crippen LogP contribution in [0.15, 0.2) is 36.5 Å². The molecule has 3 heteroatoms. The van der Waals surface area contributed by atoms with Crippen molar-refractivity contribution >= 4 is 5.82 Å². The van der Waals surface area contributed by atoms with Gasteiger partial charge in [0.25, 0.3) is 0 Å². The summed E-state index contributed by atoms with van der Waals surface area (Å²) in [5.74, 6) is 0.588. The number of rotatable bonds is 4. The molecule has 3 N–H and O–H groups in total. The number of aryl methyl sites for hydroxylation is 2. The third-order valence-corrected chi connectivity index (χ3v) is 3.41. The Morgan fingerprint density at radius 1 is 1.26 bits per heavy atom. The highest BCUT2D eigenvalue weighted by atomic mass is 14.9. The van der Waals surface area contributed by atoms with Crippen molar-refractivity contribution in [1.29, 1.82) is 0 Å². The van der Waals surface area contributed by atoms with E-state index in [1.54, 1.807) is 6.20 Å². The molecule has 1 unspecified atom stereocenters. The maximum Gasteiger partial charge on any atom is 0.128 e. The average molecular weight is 255 g/mol. The van der Waals surface area contributed by atoms with Crippen LogP contribution in [0.25, 0.3) is 0 Å². The van der Waals surface area contributed by atoms with Crippen LogP contribution in [0.2, 0.25) is 0 Å². The molecule has 2 aromatic rings. The summed E-state index contributed by atoms with van der Waals surface area (Å²) in [6.45, 7) is 4.19. The summed E-state index contributed by atoms with van der Waals surface area (Å²) in [6.07, 6.45) is 2.85. The van der Waals surface area contributed by atoms with Crippen LogP contribution in [0.3, 0.4) is 0 Å². The molecule has 0 bridgehead atoms. The molecule has 1 heterocycles. The first-order valence-electron chi connectivity index (χ1n) is 6.63. The van der Waals surface area contributed by atoms with Gasteiger partial charge in [0.1, 0.15) is 5.82 Å². The number of nitrogens with two attached hydrogens (primary N) is 1. The zero-order valence-electron chi connectivity index (χ0n) is 11.8. The minimum absolute atomic E-state index is 0.0818. The van der Waals surface area contributed by atoms with E-state index in [0.29, 0.717) is 5.82 Å². The van der Waals surface area contributed by atoms with Gasteiger partial charge in [-0.1, -0.05) is 31.2 Å². The Morgan fingerprint density at radius 3 is 2.53 bits per heavy atom. The Kier molecular flexibility index (Phi) is 4.17. The van der Waals surface area contributed by atoms with Gasteiger partial charge in [-0.2, -0.15) is 0 Å². The van der Waals surface area contributed by atoms with Crippen LogP contribution in [0.5, 0.6) is 0 Å². The number of nitrogen functional groups attached to an aromatic ring is 1. The van der Waals surface area contributed by atoms with E-state index in [0.717, 1.165) is 17.5 Å². The lowest BCUT2D eigenvalue weighted by molar-refractivity contribution is 0.690. The van der Waals surface area contributed by atoms with Crippen LogP contribution in [0, 0.1) is 6.92 Å². The third kappa shape index (κ3) is 2.93. The van der Waals surface area contributed by atoms with E-state index in [2.05, 4.69) is 47.6 Å². The van der Waals surface area contributed by atoms with Crippen molar-refractivity contribution in [3.63, 3.8) is 0 Å². The maximum atomic E-state index is 6.01. The van der Waals surface area contributed by atoms with E-state index in [-0.39, 0.29) is 6.04 Å². The number of hydrogen-bond donors (Lipinski definition) is 2. The van der Waals surface area contributed by atoms with Gasteiger partial charge in [0.05, 0.1) is 6.04 Å². The molecule has 0 radical (unpaired) electrons. The highest BCUT2D eigenvalue weighted by molar-refractivity contribution is 5.47. The molecule has 100 valence electrons. The second-order valence-electron chi connectivity index (χ2n) is 4.80. The molecule has 0 aliphatic heterocycles. The standard InChI is InChI=1S/C16H21N3/c1-4-12-5-7-13(8-6-12)15(18-3)14-9-11(2)10-19-16(14)17/h5-10,15,18H,4H2,1-3H3,(H2,17,19). The summed E-state index contributed by atoms with van der Waals surface area (Å²) in [7, 11) is 1.94. The lowest BCUT2D eigenvalue weighted by Crippen LogP contribution is -2.19. The summed E-state index contributed by atoms with van der Waals surface area (Å²) in [6, 6.07) is 10.8. The van der Waals surface area contributed by atoms with Gasteiger partial charge in [0, 0.05) is 11.8 Å². The van der Waals surface area contributed by atoms with Crippen LogP contribution >= 0.6 is 0 Å². The van der Waals surface area contributed by atoms with Gasteiger partial charge in [-0.05, 0) is 43.1 Å². The second-order valence-corrected chi connectivity index (χ2v) is 4.80. The van der Waals surface area contributed by atoms with Gasteiger partial charge in [-0.25, -0.2) is 4.98 Å². The Morgan fingerprint density at radius 2 is 1.95 bits per heavy atom. The van der Waals surface area contributed by atoms with Gasteiger partial charge in [-0.15, -0.1) is 0 Å². The highest BCUT2D eigenvalue weighted by Crippen LogP contribution is 2.26. The maximum absolute atomic E-state index is 6.01. The molecule has 0 spiro atoms. The lowest BCUT2D eigenvalue weighted by atomic mass is 9.97. The van der Waals surface area contributed by atoms with E-state index in [9.17, 15) is 0 Å². The van der Waals surface area contributed by atoms with Gasteiger partial charge >= 0.3 is 0 Å². The van der Waals surface area contributed by atoms with Gasteiger partial charge in [-0.3, -0.25) is 0 Å². The van der Waals surface area contributed by atoms with E-state index in [1.165, 1.54) is 11.1 Å². The number of anilines is 1. The molecule has 2 rings (SSSR count). The molecular formula is C16H21N3. The monoisotopic (exact) mass is 255 g/mol. The Balaban J connectivity index is 2.40. The molecular weight excluding hydrogens is 234 g/mol. The van der Waals surface area contributed by atoms with Crippen molar-refractivity contribution < 1.29 is 0 Å². The molecule has 0 saturated heterocycles. The Bertz CT molecular complexity index is 546. The van der Waals surface area contributed by atoms with Crippen LogP contribution in [0.1, 0.15) is 35.2 Å². The fourth-order valence-corrected chi connectivity index (χ4v) is 2.28. The number of aromatic nitrogens is 1. The topological polar surface area (TPSA) is 50.9 Å². The molecule has 0 aliphatic rings. The van der Waals surface area contributed by atoms with Crippen molar-refractivity contribution in [2.75, 3.05) is 12.8 Å². The second kappa shape index (κ2) is 5.85. The summed E-state index contributed by atoms with van der Waals surface area (Å²) >= 11 is 0. The first kappa shape index (κ1) is 13.6. The third-order valence-electron chi connectivity index (χ3n) is 3.41. The zero-order valence-corrected chi connectivity index (χ0v) is 11.8. The number of hydrogen-bond acceptors (Lipinski definition) is 3. The van der Waals surface area contributed by atoms with Crippen molar-refractivity contribution in [3.8, 4) is 0 Å². The first-order chi connectivity index (χ1) is 9.15. The van der Waals surface area contributed by atoms with Crippen molar-refractivity contribution in [2.24, 2.45) is 0 Å². The fraction of sp³-hybridized carbons (Fsp3) is 0.312. The van der Waals surface area contributed by atoms with E-state index >= 15 is 0 Å². The molecule has 0 saturated carbocycles. The summed E-state index contributed by atoms with van der Waals surface area (Å²) < 4.78 is 0. The molecule has 1 aromatic carbocycles. The van der Waals surface area contributed by atoms with Crippen LogP contribution in [0.4, 0.5) is 5.82 Å². The van der Waals surface area contributed by atoms with Gasteiger partial charge in [0.15, 0.2) is 0 Å². The highest BCUT2D eigenvalue weighted by Gasteiger charge is 2.15. The zero-order chi connectivity index (χ0) is 13.8. The molecule has 1 atom stereocenters. The van der Waals surface area contributed by atoms with Crippen LogP contribution in [-0.2, 0) is 6.42 Å². The normalized spacial score (nSPS) is 12.4. The Hall–Kier alpha value is -1.87. The predicted molar refractivity (Wildman–Crippen MR) is 80.1 cm³/mol. The average Bonchev–Trinajstić information content (AvgIpc) is 2.44.